The average molecular weight is 466 g/mol. The number of benzene rings is 2. The van der Waals surface area contributed by atoms with E-state index in [1.54, 1.807) is 18.4 Å². The highest BCUT2D eigenvalue weighted by atomic mass is 19.1. The van der Waals surface area contributed by atoms with Gasteiger partial charge in [0.05, 0.1) is 24.8 Å². The standard InChI is InChI=1S/C25H25F2N5O2/c1-17-14-31(15-28-17)22-5-4-18(10-23(22)34-2)6-9-32-16-30-8-3-7-25(33,24(30)29-32)19-11-20(26)13-21(27)12-19/h4-6,9-15,33H,3,7-8,16H2,1-2H3. The molecule has 0 saturated carbocycles. The molecule has 3 aromatic rings. The molecule has 0 bridgehead atoms. The number of hydrogen-bond donors (Lipinski definition) is 1. The first kappa shape index (κ1) is 22.1. The summed E-state index contributed by atoms with van der Waals surface area (Å²) < 4.78 is 35.2. The SMILES string of the molecule is COc1cc(C=CN2CN3CCCC(O)(c4cc(F)cc(F)c4)C3=N2)ccc1-n1cnc(C)c1. The van der Waals surface area contributed by atoms with Crippen molar-refractivity contribution in [3.05, 3.63) is 83.6 Å². The van der Waals surface area contributed by atoms with Gasteiger partial charge in [0, 0.05) is 25.0 Å². The maximum absolute atomic E-state index is 13.8. The van der Waals surface area contributed by atoms with Crippen LogP contribution in [0, 0.1) is 18.6 Å². The van der Waals surface area contributed by atoms with Crippen LogP contribution in [0.3, 0.4) is 0 Å². The van der Waals surface area contributed by atoms with Crippen LogP contribution in [0.15, 0.2) is 60.2 Å². The van der Waals surface area contributed by atoms with Crippen molar-refractivity contribution in [2.75, 3.05) is 20.3 Å². The molecular weight excluding hydrogens is 440 g/mol. The Bertz CT molecular complexity index is 1270. The van der Waals surface area contributed by atoms with Gasteiger partial charge in [0.15, 0.2) is 5.84 Å². The molecule has 0 spiro atoms. The third-order valence-electron chi connectivity index (χ3n) is 6.15. The van der Waals surface area contributed by atoms with Crippen LogP contribution in [0.25, 0.3) is 11.8 Å². The summed E-state index contributed by atoms with van der Waals surface area (Å²) in [5.41, 5.74) is 1.33. The van der Waals surface area contributed by atoms with E-state index < -0.39 is 17.2 Å². The number of rotatable bonds is 5. The van der Waals surface area contributed by atoms with Crippen molar-refractivity contribution in [1.82, 2.24) is 19.5 Å². The molecule has 2 aliphatic heterocycles. The van der Waals surface area contributed by atoms with Gasteiger partial charge in [-0.15, -0.1) is 0 Å². The van der Waals surface area contributed by atoms with Crippen molar-refractivity contribution in [2.45, 2.75) is 25.4 Å². The Morgan fingerprint density at radius 3 is 2.65 bits per heavy atom. The molecule has 0 aliphatic carbocycles. The minimum absolute atomic E-state index is 0.175. The summed E-state index contributed by atoms with van der Waals surface area (Å²) in [5.74, 6) is -0.345. The molecular formula is C25H25F2N5O2. The van der Waals surface area contributed by atoms with Crippen molar-refractivity contribution in [1.29, 1.82) is 0 Å². The van der Waals surface area contributed by atoms with Crippen LogP contribution < -0.4 is 4.74 Å². The Morgan fingerprint density at radius 2 is 1.94 bits per heavy atom. The number of methoxy groups -OCH3 is 1. The fraction of sp³-hybridized carbons (Fsp3) is 0.280. The third-order valence-corrected chi connectivity index (χ3v) is 6.15. The van der Waals surface area contributed by atoms with Crippen LogP contribution >= 0.6 is 0 Å². The number of aromatic nitrogens is 2. The number of hydrogen-bond acceptors (Lipinski definition) is 6. The monoisotopic (exact) mass is 465 g/mol. The molecule has 2 aromatic carbocycles. The lowest BCUT2D eigenvalue weighted by atomic mass is 9.84. The second kappa shape index (κ2) is 8.57. The lowest BCUT2D eigenvalue weighted by Gasteiger charge is -2.38. The van der Waals surface area contributed by atoms with Gasteiger partial charge in [-0.05, 0) is 61.2 Å². The normalized spacial score (nSPS) is 20.1. The molecule has 1 atom stereocenters. The molecule has 1 aromatic heterocycles. The van der Waals surface area contributed by atoms with Gasteiger partial charge in [0.1, 0.15) is 29.7 Å². The van der Waals surface area contributed by atoms with E-state index in [9.17, 15) is 13.9 Å². The number of ether oxygens (including phenoxy) is 1. The van der Waals surface area contributed by atoms with E-state index in [4.69, 9.17) is 4.74 Å². The van der Waals surface area contributed by atoms with Crippen LogP contribution in [-0.2, 0) is 5.60 Å². The molecule has 176 valence electrons. The highest BCUT2D eigenvalue weighted by molar-refractivity contribution is 5.93. The molecule has 1 N–H and O–H groups in total. The highest BCUT2D eigenvalue weighted by Crippen LogP contribution is 2.37. The van der Waals surface area contributed by atoms with Crippen LogP contribution in [0.2, 0.25) is 0 Å². The molecule has 9 heteroatoms. The molecule has 1 fully saturated rings. The maximum Gasteiger partial charge on any atom is 0.163 e. The smallest absolute Gasteiger partial charge is 0.163 e. The molecule has 3 heterocycles. The van der Waals surface area contributed by atoms with E-state index in [1.807, 2.05) is 53.1 Å². The summed E-state index contributed by atoms with van der Waals surface area (Å²) >= 11 is 0. The molecule has 0 radical (unpaired) electrons. The molecule has 7 nitrogen and oxygen atoms in total. The van der Waals surface area contributed by atoms with E-state index in [-0.39, 0.29) is 5.56 Å². The van der Waals surface area contributed by atoms with Crippen molar-refractivity contribution in [2.24, 2.45) is 5.10 Å². The molecule has 1 unspecified atom stereocenters. The van der Waals surface area contributed by atoms with E-state index in [0.717, 1.165) is 23.0 Å². The summed E-state index contributed by atoms with van der Waals surface area (Å²) in [6.45, 7) is 3.07. The van der Waals surface area contributed by atoms with Gasteiger partial charge >= 0.3 is 0 Å². The third kappa shape index (κ3) is 4.03. The topological polar surface area (TPSA) is 66.1 Å². The Labute approximate surface area is 196 Å². The van der Waals surface area contributed by atoms with Crippen LogP contribution in [0.4, 0.5) is 8.78 Å². The fourth-order valence-corrected chi connectivity index (χ4v) is 4.50. The lowest BCUT2D eigenvalue weighted by Crippen LogP contribution is -2.49. The van der Waals surface area contributed by atoms with Crippen LogP contribution in [0.5, 0.6) is 5.75 Å². The predicted molar refractivity (Wildman–Crippen MR) is 124 cm³/mol. The Balaban J connectivity index is 1.40. The molecule has 34 heavy (non-hydrogen) atoms. The Morgan fingerprint density at radius 1 is 1.15 bits per heavy atom. The van der Waals surface area contributed by atoms with Crippen molar-refractivity contribution in [3.63, 3.8) is 0 Å². The number of halogens is 2. The van der Waals surface area contributed by atoms with Gasteiger partial charge in [-0.3, -0.25) is 5.01 Å². The summed E-state index contributed by atoms with van der Waals surface area (Å²) in [4.78, 5) is 6.20. The number of hydrazone groups is 1. The van der Waals surface area contributed by atoms with Crippen molar-refractivity contribution in [3.8, 4) is 11.4 Å². The zero-order valence-electron chi connectivity index (χ0n) is 18.9. The first-order valence-electron chi connectivity index (χ1n) is 11.0. The molecule has 2 aliphatic rings. The second-order valence-corrected chi connectivity index (χ2v) is 8.56. The number of piperidine rings is 1. The number of aliphatic hydroxyl groups is 1. The minimum atomic E-state index is -1.54. The first-order chi connectivity index (χ1) is 16.4. The number of amidine groups is 1. The van der Waals surface area contributed by atoms with Gasteiger partial charge in [-0.2, -0.15) is 5.10 Å². The van der Waals surface area contributed by atoms with Gasteiger partial charge in [0.2, 0.25) is 0 Å². The molecule has 5 rings (SSSR count). The van der Waals surface area contributed by atoms with Crippen molar-refractivity contribution >= 4 is 11.9 Å². The fourth-order valence-electron chi connectivity index (χ4n) is 4.50. The minimum Gasteiger partial charge on any atom is -0.495 e. The first-order valence-corrected chi connectivity index (χ1v) is 11.0. The quantitative estimate of drug-likeness (QED) is 0.617. The summed E-state index contributed by atoms with van der Waals surface area (Å²) in [6.07, 6.45) is 8.40. The van der Waals surface area contributed by atoms with E-state index in [0.29, 0.717) is 37.6 Å². The van der Waals surface area contributed by atoms with E-state index in [2.05, 4.69) is 10.1 Å². The van der Waals surface area contributed by atoms with Gasteiger partial charge < -0.3 is 19.3 Å². The second-order valence-electron chi connectivity index (χ2n) is 8.56. The lowest BCUT2D eigenvalue weighted by molar-refractivity contribution is 0.0665. The zero-order valence-corrected chi connectivity index (χ0v) is 18.9. The molecule has 0 amide bonds. The van der Waals surface area contributed by atoms with Crippen molar-refractivity contribution < 1.29 is 18.6 Å². The van der Waals surface area contributed by atoms with E-state index in [1.165, 1.54) is 12.1 Å². The average Bonchev–Trinajstić information content (AvgIpc) is 3.44. The Kier molecular flexibility index (Phi) is 5.57. The highest BCUT2D eigenvalue weighted by Gasteiger charge is 2.45. The van der Waals surface area contributed by atoms with Crippen LogP contribution in [-0.4, -0.2) is 50.7 Å². The van der Waals surface area contributed by atoms with Gasteiger partial charge in [-0.25, -0.2) is 13.8 Å². The number of fused-ring (bicyclic) bond motifs is 1. The number of nitrogens with zero attached hydrogens (tertiary/aromatic N) is 5. The van der Waals surface area contributed by atoms with Gasteiger partial charge in [0.25, 0.3) is 0 Å². The molecule has 1 saturated heterocycles. The number of imidazole rings is 1. The zero-order chi connectivity index (χ0) is 23.9. The largest absolute Gasteiger partial charge is 0.495 e. The predicted octanol–water partition coefficient (Wildman–Crippen LogP) is 4.01. The number of aryl methyl sites for hydroxylation is 1. The van der Waals surface area contributed by atoms with Crippen LogP contribution in [0.1, 0.15) is 29.7 Å². The summed E-state index contributed by atoms with van der Waals surface area (Å²) in [6, 6.07) is 8.98. The van der Waals surface area contributed by atoms with Gasteiger partial charge in [-0.1, -0.05) is 6.07 Å². The Hall–Kier alpha value is -3.72. The van der Waals surface area contributed by atoms with E-state index >= 15 is 0 Å². The summed E-state index contributed by atoms with van der Waals surface area (Å²) in [5, 5.41) is 17.7. The maximum atomic E-state index is 13.8. The summed E-state index contributed by atoms with van der Waals surface area (Å²) in [7, 11) is 1.62.